The summed E-state index contributed by atoms with van der Waals surface area (Å²) in [5.74, 6) is -0.375. The van der Waals surface area contributed by atoms with Crippen molar-refractivity contribution in [1.29, 1.82) is 0 Å². The molecule has 0 bridgehead atoms. The molecule has 0 radical (unpaired) electrons. The Bertz CT molecular complexity index is 103. The molecule has 0 atom stereocenters. The third-order valence-electron chi connectivity index (χ3n) is 0.407. The molecule has 0 N–H and O–H groups in total. The molecule has 0 aromatic heterocycles. The first kappa shape index (κ1) is 10.7. The maximum atomic E-state index is 9.98. The molecule has 0 fully saturated rings. The molecule has 2 nitrogen and oxygen atoms in total. The summed E-state index contributed by atoms with van der Waals surface area (Å²) in [5.41, 5.74) is 0. The molecule has 0 aliphatic rings. The molecule has 0 aliphatic heterocycles. The van der Waals surface area contributed by atoms with Crippen molar-refractivity contribution in [3.8, 4) is 0 Å². The third-order valence-corrected chi connectivity index (χ3v) is 0.407. The monoisotopic (exact) mass is 162 g/mol. The van der Waals surface area contributed by atoms with Crippen LogP contribution in [0.1, 0.15) is 13.8 Å². The van der Waals surface area contributed by atoms with Crippen molar-refractivity contribution in [2.75, 3.05) is 0 Å². The van der Waals surface area contributed by atoms with Crippen molar-refractivity contribution in [3.05, 3.63) is 11.8 Å². The zero-order valence-corrected chi connectivity index (χ0v) is 5.64. The van der Waals surface area contributed by atoms with Crippen LogP contribution in [-0.4, -0.2) is 5.78 Å². The van der Waals surface area contributed by atoms with Crippen molar-refractivity contribution >= 4 is 5.78 Å². The van der Waals surface area contributed by atoms with Gasteiger partial charge in [0.05, 0.1) is 0 Å². The van der Waals surface area contributed by atoms with Crippen LogP contribution >= 0.6 is 0 Å². The van der Waals surface area contributed by atoms with E-state index < -0.39 is 0 Å². The minimum atomic E-state index is -0.187. The zero-order chi connectivity index (χ0) is 5.86. The molecule has 0 heterocycles. The van der Waals surface area contributed by atoms with Crippen LogP contribution in [0.2, 0.25) is 0 Å². The summed E-state index contributed by atoms with van der Waals surface area (Å²) in [5, 5.41) is 9.98. The third kappa shape index (κ3) is 9.21. The van der Waals surface area contributed by atoms with E-state index in [1.165, 1.54) is 13.8 Å². The van der Waals surface area contributed by atoms with Crippen molar-refractivity contribution < 1.29 is 27.0 Å². The Balaban J connectivity index is 0. The molecule has 0 saturated heterocycles. The van der Waals surface area contributed by atoms with Gasteiger partial charge in [0.2, 0.25) is 0 Å². The van der Waals surface area contributed by atoms with Crippen LogP contribution in [0, 0.1) is 0 Å². The van der Waals surface area contributed by atoms with Crippen LogP contribution in [-0.2, 0) is 21.9 Å². The fraction of sp³-hybridized carbons (Fsp3) is 0.400. The Morgan fingerprint density at radius 3 is 1.88 bits per heavy atom. The zero-order valence-electron chi connectivity index (χ0n) is 4.70. The summed E-state index contributed by atoms with van der Waals surface area (Å²) in [4.78, 5) is 9.98. The van der Waals surface area contributed by atoms with Gasteiger partial charge >= 0.3 is 17.1 Å². The second kappa shape index (κ2) is 4.88. The number of ketones is 1. The van der Waals surface area contributed by atoms with Crippen molar-refractivity contribution in [2.24, 2.45) is 0 Å². The molecular formula is C5H7CuO2. The molecule has 0 rings (SSSR count). The second-order valence-corrected chi connectivity index (χ2v) is 1.37. The Morgan fingerprint density at radius 1 is 1.50 bits per heavy atom. The smallest absolute Gasteiger partial charge is 0.876 e. The average Bonchev–Trinajstić information content (AvgIpc) is 1.27. The first-order valence-electron chi connectivity index (χ1n) is 1.99. The Hall–Kier alpha value is -0.271. The molecule has 0 spiro atoms. The predicted octanol–water partition coefficient (Wildman–Crippen LogP) is -0.163. The van der Waals surface area contributed by atoms with E-state index in [9.17, 15) is 9.90 Å². The summed E-state index contributed by atoms with van der Waals surface area (Å²) in [6.07, 6.45) is 1.06. The van der Waals surface area contributed by atoms with Crippen LogP contribution < -0.4 is 5.11 Å². The molecule has 8 heavy (non-hydrogen) atoms. The number of allylic oxidation sites excluding steroid dienone is 2. The van der Waals surface area contributed by atoms with Gasteiger partial charge in [-0.25, -0.2) is 0 Å². The Kier molecular flexibility index (Phi) is 6.50. The van der Waals surface area contributed by atoms with Crippen LogP contribution in [0.4, 0.5) is 0 Å². The summed E-state index contributed by atoms with van der Waals surface area (Å²) in [6, 6.07) is 0. The van der Waals surface area contributed by atoms with Crippen molar-refractivity contribution in [1.82, 2.24) is 0 Å². The van der Waals surface area contributed by atoms with E-state index in [0.29, 0.717) is 0 Å². The SMILES string of the molecule is CC(=O)/C=C(\C)[O-].[Cu+]. The minimum absolute atomic E-state index is 0. The Labute approximate surface area is 59.1 Å². The number of carbonyl (C=O) groups excluding carboxylic acids is 1. The van der Waals surface area contributed by atoms with Crippen LogP contribution in [0.5, 0.6) is 0 Å². The van der Waals surface area contributed by atoms with Gasteiger partial charge in [-0.15, -0.1) is 5.76 Å². The molecule has 0 unspecified atom stereocenters. The molecule has 3 heteroatoms. The molecule has 0 saturated carbocycles. The van der Waals surface area contributed by atoms with E-state index in [2.05, 4.69) is 0 Å². The first-order valence-corrected chi connectivity index (χ1v) is 1.99. The summed E-state index contributed by atoms with van der Waals surface area (Å²) in [6.45, 7) is 2.70. The normalized spacial score (nSPS) is 10.0. The average molecular weight is 163 g/mol. The maximum absolute atomic E-state index is 9.98. The van der Waals surface area contributed by atoms with Gasteiger partial charge in [-0.3, -0.25) is 4.79 Å². The van der Waals surface area contributed by atoms with Gasteiger partial charge in [-0.2, -0.15) is 0 Å². The fourth-order valence-corrected chi connectivity index (χ4v) is 0.286. The standard InChI is InChI=1S/C5H8O2.Cu/c1-4(6)3-5(2)7;/h3,6H,1-2H3;/q;+1/p-1/b4-3+;. The summed E-state index contributed by atoms with van der Waals surface area (Å²) < 4.78 is 0. The van der Waals surface area contributed by atoms with Gasteiger partial charge in [0.25, 0.3) is 0 Å². The van der Waals surface area contributed by atoms with Gasteiger partial charge in [-0.05, 0) is 13.0 Å². The number of hydrogen-bond donors (Lipinski definition) is 0. The van der Waals surface area contributed by atoms with Gasteiger partial charge < -0.3 is 5.11 Å². The number of carbonyl (C=O) groups is 1. The molecular weight excluding hydrogens is 156 g/mol. The topological polar surface area (TPSA) is 40.1 Å². The first-order chi connectivity index (χ1) is 3.13. The quantitative estimate of drug-likeness (QED) is 0.305. The van der Waals surface area contributed by atoms with Gasteiger partial charge in [0.1, 0.15) is 0 Å². The van der Waals surface area contributed by atoms with E-state index in [-0.39, 0.29) is 28.6 Å². The van der Waals surface area contributed by atoms with E-state index in [1.54, 1.807) is 0 Å². The number of hydrogen-bond acceptors (Lipinski definition) is 2. The van der Waals surface area contributed by atoms with Crippen LogP contribution in [0.25, 0.3) is 0 Å². The predicted molar refractivity (Wildman–Crippen MR) is 24.4 cm³/mol. The molecule has 0 aromatic carbocycles. The molecule has 0 amide bonds. The fourth-order valence-electron chi connectivity index (χ4n) is 0.286. The van der Waals surface area contributed by atoms with E-state index in [0.717, 1.165) is 6.08 Å². The van der Waals surface area contributed by atoms with Gasteiger partial charge in [0.15, 0.2) is 5.78 Å². The van der Waals surface area contributed by atoms with Gasteiger partial charge in [0, 0.05) is 0 Å². The summed E-state index contributed by atoms with van der Waals surface area (Å²) >= 11 is 0. The van der Waals surface area contributed by atoms with Crippen molar-refractivity contribution in [2.45, 2.75) is 13.8 Å². The minimum Gasteiger partial charge on any atom is -0.876 e. The summed E-state index contributed by atoms with van der Waals surface area (Å²) in [7, 11) is 0. The molecule has 50 valence electrons. The Morgan fingerprint density at radius 2 is 1.88 bits per heavy atom. The maximum Gasteiger partial charge on any atom is 1.00 e. The molecule has 0 aromatic rings. The second-order valence-electron chi connectivity index (χ2n) is 1.37. The van der Waals surface area contributed by atoms with Gasteiger partial charge in [-0.1, -0.05) is 6.92 Å². The number of rotatable bonds is 1. The largest absolute Gasteiger partial charge is 1.00 e. The van der Waals surface area contributed by atoms with E-state index in [4.69, 9.17) is 0 Å². The molecule has 0 aliphatic carbocycles. The van der Waals surface area contributed by atoms with Crippen LogP contribution in [0.3, 0.4) is 0 Å². The van der Waals surface area contributed by atoms with E-state index >= 15 is 0 Å². The van der Waals surface area contributed by atoms with E-state index in [1.807, 2.05) is 0 Å². The van der Waals surface area contributed by atoms with Crippen LogP contribution in [0.15, 0.2) is 11.8 Å². The van der Waals surface area contributed by atoms with Crippen molar-refractivity contribution in [3.63, 3.8) is 0 Å².